The van der Waals surface area contributed by atoms with Crippen LogP contribution in [0.15, 0.2) is 36.7 Å². The SMILES string of the molecule is C[C@H](CS(C)(=O)=O)N(C)Cc1cnn(-c2ccc(Cl)cc2)c1. The summed E-state index contributed by atoms with van der Waals surface area (Å²) in [7, 11) is -1.07. The molecule has 120 valence electrons. The van der Waals surface area contributed by atoms with E-state index in [1.165, 1.54) is 6.26 Å². The van der Waals surface area contributed by atoms with Crippen molar-refractivity contribution in [1.29, 1.82) is 0 Å². The van der Waals surface area contributed by atoms with Crippen molar-refractivity contribution in [2.45, 2.75) is 19.5 Å². The molecule has 0 amide bonds. The molecule has 1 aromatic heterocycles. The van der Waals surface area contributed by atoms with Gasteiger partial charge in [-0.3, -0.25) is 4.90 Å². The molecule has 0 aliphatic carbocycles. The highest BCUT2D eigenvalue weighted by Crippen LogP contribution is 2.14. The zero-order valence-electron chi connectivity index (χ0n) is 12.9. The van der Waals surface area contributed by atoms with Gasteiger partial charge in [-0.15, -0.1) is 0 Å². The first-order chi connectivity index (χ1) is 10.2. The normalized spacial score (nSPS) is 13.5. The molecule has 0 bridgehead atoms. The highest BCUT2D eigenvalue weighted by atomic mass is 35.5. The van der Waals surface area contributed by atoms with Crippen molar-refractivity contribution >= 4 is 21.4 Å². The maximum absolute atomic E-state index is 11.4. The number of nitrogens with zero attached hydrogens (tertiary/aromatic N) is 3. The summed E-state index contributed by atoms with van der Waals surface area (Å²) >= 11 is 5.88. The standard InChI is InChI=1S/C15H20ClN3O2S/c1-12(11-22(3,20)21)18(2)9-13-8-17-19(10-13)15-6-4-14(16)5-7-15/h4-8,10,12H,9,11H2,1-3H3/t12-/m1/s1. The molecule has 0 aliphatic heterocycles. The summed E-state index contributed by atoms with van der Waals surface area (Å²) < 4.78 is 24.5. The highest BCUT2D eigenvalue weighted by Gasteiger charge is 2.16. The van der Waals surface area contributed by atoms with Gasteiger partial charge in [0, 0.05) is 35.6 Å². The van der Waals surface area contributed by atoms with Crippen LogP contribution in [0.4, 0.5) is 0 Å². The van der Waals surface area contributed by atoms with Gasteiger partial charge in [0.1, 0.15) is 9.84 Å². The largest absolute Gasteiger partial charge is 0.298 e. The van der Waals surface area contributed by atoms with Crippen molar-refractivity contribution in [1.82, 2.24) is 14.7 Å². The van der Waals surface area contributed by atoms with Crippen LogP contribution in [-0.4, -0.2) is 48.2 Å². The summed E-state index contributed by atoms with van der Waals surface area (Å²) in [6.07, 6.45) is 4.99. The Balaban J connectivity index is 2.04. The molecule has 0 fully saturated rings. The Bertz CT molecular complexity index is 726. The Kier molecular flexibility index (Phi) is 5.26. The number of benzene rings is 1. The second-order valence-corrected chi connectivity index (χ2v) is 8.25. The van der Waals surface area contributed by atoms with Crippen molar-refractivity contribution in [2.24, 2.45) is 0 Å². The lowest BCUT2D eigenvalue weighted by Crippen LogP contribution is -2.34. The fourth-order valence-electron chi connectivity index (χ4n) is 2.19. The molecule has 1 atom stereocenters. The molecule has 0 saturated heterocycles. The Morgan fingerprint density at radius 3 is 2.55 bits per heavy atom. The first-order valence-corrected chi connectivity index (χ1v) is 9.36. The minimum Gasteiger partial charge on any atom is -0.298 e. The fourth-order valence-corrected chi connectivity index (χ4v) is 3.44. The Labute approximate surface area is 136 Å². The van der Waals surface area contributed by atoms with Gasteiger partial charge in [0.05, 0.1) is 17.6 Å². The van der Waals surface area contributed by atoms with Gasteiger partial charge in [-0.2, -0.15) is 5.10 Å². The van der Waals surface area contributed by atoms with Crippen LogP contribution in [0.25, 0.3) is 5.69 Å². The molecule has 0 N–H and O–H groups in total. The molecule has 1 aromatic carbocycles. The molecule has 7 heteroatoms. The number of aromatic nitrogens is 2. The smallest absolute Gasteiger partial charge is 0.148 e. The summed E-state index contributed by atoms with van der Waals surface area (Å²) in [5, 5.41) is 5.02. The Morgan fingerprint density at radius 1 is 1.32 bits per heavy atom. The lowest BCUT2D eigenvalue weighted by Gasteiger charge is -2.23. The molecule has 5 nitrogen and oxygen atoms in total. The van der Waals surface area contributed by atoms with Crippen LogP contribution in [0, 0.1) is 0 Å². The van der Waals surface area contributed by atoms with Gasteiger partial charge in [-0.05, 0) is 38.2 Å². The number of rotatable bonds is 6. The zero-order chi connectivity index (χ0) is 16.3. The van der Waals surface area contributed by atoms with Crippen LogP contribution in [0.2, 0.25) is 5.02 Å². The number of sulfone groups is 1. The lowest BCUT2D eigenvalue weighted by atomic mass is 10.3. The van der Waals surface area contributed by atoms with Crippen molar-refractivity contribution in [3.05, 3.63) is 47.2 Å². The van der Waals surface area contributed by atoms with E-state index in [0.717, 1.165) is 11.3 Å². The molecule has 22 heavy (non-hydrogen) atoms. The lowest BCUT2D eigenvalue weighted by molar-refractivity contribution is 0.267. The average molecular weight is 342 g/mol. The van der Waals surface area contributed by atoms with Crippen molar-refractivity contribution in [3.8, 4) is 5.69 Å². The molecule has 0 spiro atoms. The van der Waals surface area contributed by atoms with Crippen LogP contribution in [0.1, 0.15) is 12.5 Å². The first-order valence-electron chi connectivity index (χ1n) is 6.92. The molecule has 0 unspecified atom stereocenters. The maximum Gasteiger partial charge on any atom is 0.148 e. The van der Waals surface area contributed by atoms with E-state index in [1.54, 1.807) is 10.9 Å². The van der Waals surface area contributed by atoms with E-state index in [4.69, 9.17) is 11.6 Å². The second-order valence-electron chi connectivity index (χ2n) is 5.63. The van der Waals surface area contributed by atoms with Gasteiger partial charge in [-0.25, -0.2) is 13.1 Å². The van der Waals surface area contributed by atoms with Crippen LogP contribution in [0.5, 0.6) is 0 Å². The molecular weight excluding hydrogens is 322 g/mol. The number of hydrogen-bond donors (Lipinski definition) is 0. The van der Waals surface area contributed by atoms with Gasteiger partial charge in [0.25, 0.3) is 0 Å². The van der Waals surface area contributed by atoms with Gasteiger partial charge in [0.2, 0.25) is 0 Å². The van der Waals surface area contributed by atoms with Crippen LogP contribution in [-0.2, 0) is 16.4 Å². The van der Waals surface area contributed by atoms with E-state index in [9.17, 15) is 8.42 Å². The molecule has 0 aliphatic rings. The predicted molar refractivity (Wildman–Crippen MR) is 89.2 cm³/mol. The quantitative estimate of drug-likeness (QED) is 0.809. The van der Waals surface area contributed by atoms with Crippen molar-refractivity contribution < 1.29 is 8.42 Å². The summed E-state index contributed by atoms with van der Waals surface area (Å²) in [5.74, 6) is 0.148. The van der Waals surface area contributed by atoms with Crippen molar-refractivity contribution in [3.63, 3.8) is 0 Å². The summed E-state index contributed by atoms with van der Waals surface area (Å²) in [5.41, 5.74) is 1.96. The molecule has 2 rings (SSSR count). The van der Waals surface area contributed by atoms with Crippen LogP contribution in [0.3, 0.4) is 0 Å². The van der Waals surface area contributed by atoms with Gasteiger partial charge < -0.3 is 0 Å². The minimum atomic E-state index is -2.98. The third-order valence-corrected chi connectivity index (χ3v) is 4.80. The topological polar surface area (TPSA) is 55.2 Å². The molecule has 0 radical (unpaired) electrons. The molecule has 0 saturated carbocycles. The van der Waals surface area contributed by atoms with E-state index in [-0.39, 0.29) is 11.8 Å². The predicted octanol–water partition coefficient (Wildman–Crippen LogP) is 2.39. The third kappa shape index (κ3) is 4.83. The van der Waals surface area contributed by atoms with E-state index in [0.29, 0.717) is 11.6 Å². The van der Waals surface area contributed by atoms with Crippen LogP contribution < -0.4 is 0 Å². The Hall–Kier alpha value is -1.37. The van der Waals surface area contributed by atoms with E-state index >= 15 is 0 Å². The number of halogens is 1. The summed E-state index contributed by atoms with van der Waals surface area (Å²) in [6.45, 7) is 2.55. The second kappa shape index (κ2) is 6.81. The summed E-state index contributed by atoms with van der Waals surface area (Å²) in [4.78, 5) is 2.00. The monoisotopic (exact) mass is 341 g/mol. The average Bonchev–Trinajstić information content (AvgIpc) is 2.86. The van der Waals surface area contributed by atoms with Crippen LogP contribution >= 0.6 is 11.6 Å². The Morgan fingerprint density at radius 2 is 1.95 bits per heavy atom. The van der Waals surface area contributed by atoms with Gasteiger partial charge >= 0.3 is 0 Å². The summed E-state index contributed by atoms with van der Waals surface area (Å²) in [6, 6.07) is 7.38. The molecule has 2 aromatic rings. The number of hydrogen-bond acceptors (Lipinski definition) is 4. The third-order valence-electron chi connectivity index (χ3n) is 3.46. The molecule has 1 heterocycles. The van der Waals surface area contributed by atoms with E-state index in [1.807, 2.05) is 49.3 Å². The molecular formula is C15H20ClN3O2S. The first kappa shape index (κ1) is 17.0. The zero-order valence-corrected chi connectivity index (χ0v) is 14.5. The maximum atomic E-state index is 11.4. The fraction of sp³-hybridized carbons (Fsp3) is 0.400. The highest BCUT2D eigenvalue weighted by molar-refractivity contribution is 7.90. The van der Waals surface area contributed by atoms with Gasteiger partial charge in [0.15, 0.2) is 0 Å². The van der Waals surface area contributed by atoms with Gasteiger partial charge in [-0.1, -0.05) is 11.6 Å². The van der Waals surface area contributed by atoms with Crippen molar-refractivity contribution in [2.75, 3.05) is 19.1 Å². The van der Waals surface area contributed by atoms with E-state index in [2.05, 4.69) is 5.10 Å². The van der Waals surface area contributed by atoms with E-state index < -0.39 is 9.84 Å². The minimum absolute atomic E-state index is 0.0473.